The highest BCUT2D eigenvalue weighted by molar-refractivity contribution is 5.77. The van der Waals surface area contributed by atoms with Gasteiger partial charge in [0.15, 0.2) is 0 Å². The molecule has 3 heteroatoms. The fourth-order valence-corrected chi connectivity index (χ4v) is 3.68. The fraction of sp³-hybridized carbons (Fsp3) is 0.409. The molecule has 0 aromatic heterocycles. The molecule has 0 N–H and O–H groups in total. The Bertz CT molecular complexity index is 673. The minimum absolute atomic E-state index is 0.137. The van der Waals surface area contributed by atoms with Crippen LogP contribution in [0, 0.1) is 6.92 Å². The molecular formula is C22H27NO2. The number of nitrogens with zero attached hydrogens (tertiary/aromatic N) is 1. The molecule has 2 aromatic rings. The maximum absolute atomic E-state index is 12.6. The Kier molecular flexibility index (Phi) is 5.87. The summed E-state index contributed by atoms with van der Waals surface area (Å²) in [4.78, 5) is 14.8. The Morgan fingerprint density at radius 3 is 2.32 bits per heavy atom. The van der Waals surface area contributed by atoms with Gasteiger partial charge in [0.05, 0.1) is 6.61 Å². The second-order valence-corrected chi connectivity index (χ2v) is 6.79. The van der Waals surface area contributed by atoms with Gasteiger partial charge in [-0.05, 0) is 56.8 Å². The highest BCUT2D eigenvalue weighted by Gasteiger charge is 2.32. The third kappa shape index (κ3) is 4.29. The first-order valence-electron chi connectivity index (χ1n) is 9.21. The van der Waals surface area contributed by atoms with Crippen LogP contribution < -0.4 is 0 Å². The number of hydrogen-bond donors (Lipinski definition) is 0. The molecule has 25 heavy (non-hydrogen) atoms. The van der Waals surface area contributed by atoms with Crippen molar-refractivity contribution in [2.75, 3.05) is 19.7 Å². The molecule has 0 radical (unpaired) electrons. The molecule has 0 saturated carbocycles. The quantitative estimate of drug-likeness (QED) is 0.754. The first-order valence-corrected chi connectivity index (χ1v) is 9.21. The van der Waals surface area contributed by atoms with Gasteiger partial charge in [0.2, 0.25) is 0 Å². The van der Waals surface area contributed by atoms with Crippen LogP contribution in [0.1, 0.15) is 48.4 Å². The van der Waals surface area contributed by atoms with Crippen LogP contribution in [0.4, 0.5) is 0 Å². The van der Waals surface area contributed by atoms with Crippen LogP contribution in [-0.2, 0) is 9.53 Å². The van der Waals surface area contributed by atoms with E-state index in [2.05, 4.69) is 36.1 Å². The van der Waals surface area contributed by atoms with Crippen molar-refractivity contribution in [3.05, 3.63) is 71.3 Å². The lowest BCUT2D eigenvalue weighted by molar-refractivity contribution is -0.150. The van der Waals surface area contributed by atoms with Crippen LogP contribution in [-0.4, -0.2) is 30.6 Å². The summed E-state index contributed by atoms with van der Waals surface area (Å²) in [6.45, 7) is 6.23. The van der Waals surface area contributed by atoms with E-state index < -0.39 is 0 Å². The molecule has 1 unspecified atom stereocenters. The first kappa shape index (κ1) is 17.7. The Morgan fingerprint density at radius 2 is 1.72 bits per heavy atom. The zero-order valence-corrected chi connectivity index (χ0v) is 15.2. The monoisotopic (exact) mass is 337 g/mol. The second-order valence-electron chi connectivity index (χ2n) is 6.79. The standard InChI is InChI=1S/C22H27NO2/c1-3-25-22(24)21(20-7-5-4-6-8-20)23-15-13-19(14-16-23)18-11-9-17(2)10-12-18/h4-12,19,21H,3,13-16H2,1-2H3. The van der Waals surface area contributed by atoms with Crippen molar-refractivity contribution < 1.29 is 9.53 Å². The molecule has 1 saturated heterocycles. The van der Waals surface area contributed by atoms with E-state index in [1.807, 2.05) is 37.3 Å². The number of rotatable bonds is 5. The maximum Gasteiger partial charge on any atom is 0.327 e. The number of ether oxygens (including phenoxy) is 1. The summed E-state index contributed by atoms with van der Waals surface area (Å²) in [6.07, 6.45) is 2.15. The highest BCUT2D eigenvalue weighted by atomic mass is 16.5. The van der Waals surface area contributed by atoms with Crippen molar-refractivity contribution in [3.63, 3.8) is 0 Å². The van der Waals surface area contributed by atoms with E-state index in [9.17, 15) is 4.79 Å². The second kappa shape index (κ2) is 8.30. The van der Waals surface area contributed by atoms with Crippen LogP contribution in [0.3, 0.4) is 0 Å². The van der Waals surface area contributed by atoms with Crippen molar-refractivity contribution in [3.8, 4) is 0 Å². The number of hydrogen-bond acceptors (Lipinski definition) is 3. The van der Waals surface area contributed by atoms with Crippen LogP contribution in [0.25, 0.3) is 0 Å². The molecule has 0 spiro atoms. The van der Waals surface area contributed by atoms with Crippen molar-refractivity contribution in [2.45, 2.75) is 38.6 Å². The van der Waals surface area contributed by atoms with Crippen molar-refractivity contribution in [1.29, 1.82) is 0 Å². The molecule has 0 aliphatic carbocycles. The van der Waals surface area contributed by atoms with Gasteiger partial charge in [-0.25, -0.2) is 4.79 Å². The predicted molar refractivity (Wildman–Crippen MR) is 101 cm³/mol. The van der Waals surface area contributed by atoms with E-state index in [1.54, 1.807) is 0 Å². The van der Waals surface area contributed by atoms with E-state index >= 15 is 0 Å². The lowest BCUT2D eigenvalue weighted by Crippen LogP contribution is -2.40. The normalized spacial score (nSPS) is 17.2. The number of esters is 1. The van der Waals surface area contributed by atoms with Gasteiger partial charge in [0, 0.05) is 0 Å². The largest absolute Gasteiger partial charge is 0.465 e. The van der Waals surface area contributed by atoms with Crippen molar-refractivity contribution >= 4 is 5.97 Å². The van der Waals surface area contributed by atoms with Crippen LogP contribution in [0.2, 0.25) is 0 Å². The van der Waals surface area contributed by atoms with Gasteiger partial charge in [0.1, 0.15) is 6.04 Å². The number of likely N-dealkylation sites (tertiary alicyclic amines) is 1. The van der Waals surface area contributed by atoms with E-state index in [0.717, 1.165) is 31.5 Å². The fourth-order valence-electron chi connectivity index (χ4n) is 3.68. The van der Waals surface area contributed by atoms with Gasteiger partial charge >= 0.3 is 5.97 Å². The van der Waals surface area contributed by atoms with Crippen LogP contribution in [0.15, 0.2) is 54.6 Å². The topological polar surface area (TPSA) is 29.5 Å². The van der Waals surface area contributed by atoms with Gasteiger partial charge < -0.3 is 4.74 Å². The third-order valence-electron chi connectivity index (χ3n) is 5.07. The van der Waals surface area contributed by atoms with Gasteiger partial charge in [-0.3, -0.25) is 4.90 Å². The lowest BCUT2D eigenvalue weighted by atomic mass is 9.88. The zero-order chi connectivity index (χ0) is 17.6. The molecule has 1 atom stereocenters. The van der Waals surface area contributed by atoms with Crippen molar-refractivity contribution in [1.82, 2.24) is 4.90 Å². The van der Waals surface area contributed by atoms with Gasteiger partial charge in [-0.15, -0.1) is 0 Å². The van der Waals surface area contributed by atoms with E-state index in [1.165, 1.54) is 11.1 Å². The smallest absolute Gasteiger partial charge is 0.327 e. The highest BCUT2D eigenvalue weighted by Crippen LogP contribution is 2.33. The van der Waals surface area contributed by atoms with Gasteiger partial charge in [0.25, 0.3) is 0 Å². The molecule has 132 valence electrons. The Labute approximate surface area is 150 Å². The van der Waals surface area contributed by atoms with Crippen LogP contribution >= 0.6 is 0 Å². The molecule has 3 rings (SSSR count). The molecule has 0 bridgehead atoms. The van der Waals surface area contributed by atoms with Crippen molar-refractivity contribution in [2.24, 2.45) is 0 Å². The Morgan fingerprint density at radius 1 is 1.08 bits per heavy atom. The SMILES string of the molecule is CCOC(=O)C(c1ccccc1)N1CCC(c2ccc(C)cc2)CC1. The van der Waals surface area contributed by atoms with Gasteiger partial charge in [-0.2, -0.15) is 0 Å². The zero-order valence-electron chi connectivity index (χ0n) is 15.2. The lowest BCUT2D eigenvalue weighted by Gasteiger charge is -2.36. The van der Waals surface area contributed by atoms with Crippen LogP contribution in [0.5, 0.6) is 0 Å². The molecule has 1 aliphatic heterocycles. The molecule has 1 fully saturated rings. The number of aryl methyl sites for hydroxylation is 1. The predicted octanol–water partition coefficient (Wildman–Crippen LogP) is 4.48. The Balaban J connectivity index is 1.71. The first-order chi connectivity index (χ1) is 12.2. The van der Waals surface area contributed by atoms with Gasteiger partial charge in [-0.1, -0.05) is 60.2 Å². The average Bonchev–Trinajstić information content (AvgIpc) is 2.64. The molecule has 0 amide bonds. The van der Waals surface area contributed by atoms with E-state index in [4.69, 9.17) is 4.74 Å². The summed E-state index contributed by atoms with van der Waals surface area (Å²) in [5, 5.41) is 0. The summed E-state index contributed by atoms with van der Waals surface area (Å²) >= 11 is 0. The summed E-state index contributed by atoms with van der Waals surface area (Å²) in [7, 11) is 0. The minimum Gasteiger partial charge on any atom is -0.465 e. The summed E-state index contributed by atoms with van der Waals surface area (Å²) < 4.78 is 5.36. The molecule has 1 heterocycles. The molecule has 2 aromatic carbocycles. The summed E-state index contributed by atoms with van der Waals surface area (Å²) in [5.74, 6) is 0.443. The van der Waals surface area contributed by atoms with E-state index in [-0.39, 0.29) is 12.0 Å². The molecular weight excluding hydrogens is 310 g/mol. The van der Waals surface area contributed by atoms with E-state index in [0.29, 0.717) is 12.5 Å². The Hall–Kier alpha value is -2.13. The molecule has 3 nitrogen and oxygen atoms in total. The number of benzene rings is 2. The number of carbonyl (C=O) groups excluding carboxylic acids is 1. The summed E-state index contributed by atoms with van der Waals surface area (Å²) in [5.41, 5.74) is 3.74. The third-order valence-corrected chi connectivity index (χ3v) is 5.07. The number of piperidine rings is 1. The average molecular weight is 337 g/mol. The maximum atomic E-state index is 12.6. The molecule has 1 aliphatic rings. The minimum atomic E-state index is -0.292. The summed E-state index contributed by atoms with van der Waals surface area (Å²) in [6, 6.07) is 18.6. The number of carbonyl (C=O) groups is 1.